The van der Waals surface area contributed by atoms with Crippen LogP contribution in [0.5, 0.6) is 0 Å². The van der Waals surface area contributed by atoms with Gasteiger partial charge in [-0.3, -0.25) is 62.5 Å². The number of hydrogen-bond acceptors (Lipinski definition) is 18. The maximum absolute atomic E-state index is 14.2. The maximum atomic E-state index is 14.2. The molecule has 8 amide bonds. The molecule has 0 aromatic carbocycles. The molecule has 0 aromatic heterocycles. The molecule has 0 aliphatic carbocycles. The second kappa shape index (κ2) is 40.4. The first-order chi connectivity index (χ1) is 38.1. The van der Waals surface area contributed by atoms with Crippen molar-refractivity contribution < 1.29 is 87.9 Å². The van der Waals surface area contributed by atoms with E-state index in [0.717, 1.165) is 0 Å². The van der Waals surface area contributed by atoms with E-state index in [9.17, 15) is 87.9 Å². The van der Waals surface area contributed by atoms with E-state index >= 15 is 0 Å². The van der Waals surface area contributed by atoms with E-state index in [1.807, 2.05) is 0 Å². The van der Waals surface area contributed by atoms with Gasteiger partial charge in [0.05, 0.1) is 18.9 Å². The molecule has 33 nitrogen and oxygen atoms in total. The van der Waals surface area contributed by atoms with Gasteiger partial charge in [0.25, 0.3) is 0 Å². The molecule has 9 atom stereocenters. The Morgan fingerprint density at radius 1 is 0.383 bits per heavy atom. The molecule has 0 saturated carbocycles. The zero-order valence-corrected chi connectivity index (χ0v) is 45.8. The Balaban J connectivity index is 7.06. The van der Waals surface area contributed by atoms with Crippen molar-refractivity contribution in [2.75, 3.05) is 26.2 Å². The number of carboxylic acids is 5. The molecule has 0 spiro atoms. The maximum Gasteiger partial charge on any atom is 0.326 e. The number of nitrogens with one attached hydrogen (secondary N) is 8. The number of nitrogens with two attached hydrogens (primary N) is 6. The highest BCUT2D eigenvalue weighted by Gasteiger charge is 2.36. The van der Waals surface area contributed by atoms with E-state index in [1.165, 1.54) is 0 Å². The third kappa shape index (κ3) is 32.8. The summed E-state index contributed by atoms with van der Waals surface area (Å²) >= 11 is 0. The van der Waals surface area contributed by atoms with Crippen LogP contribution in [0.1, 0.15) is 129 Å². The smallest absolute Gasteiger partial charge is 0.326 e. The molecule has 460 valence electrons. The Hall–Kier alpha value is -7.78. The molecule has 0 bridgehead atoms. The summed E-state index contributed by atoms with van der Waals surface area (Å²) in [6.45, 7) is 3.96. The van der Waals surface area contributed by atoms with Crippen molar-refractivity contribution in [1.82, 2.24) is 42.5 Å². The minimum atomic E-state index is -1.96. The van der Waals surface area contributed by atoms with Crippen molar-refractivity contribution in [2.24, 2.45) is 45.3 Å². The minimum Gasteiger partial charge on any atom is -0.481 e. The van der Waals surface area contributed by atoms with Crippen LogP contribution in [0.25, 0.3) is 0 Å². The quantitative estimate of drug-likeness (QED) is 0.0154. The first-order valence-corrected chi connectivity index (χ1v) is 26.5. The molecule has 0 aliphatic heterocycles. The number of rotatable bonds is 45. The van der Waals surface area contributed by atoms with Crippen molar-refractivity contribution in [3.8, 4) is 0 Å². The van der Waals surface area contributed by atoms with Crippen molar-refractivity contribution in [3.63, 3.8) is 0 Å². The van der Waals surface area contributed by atoms with E-state index in [4.69, 9.17) is 34.4 Å². The first-order valence-electron chi connectivity index (χ1n) is 26.5. The predicted octanol–water partition coefficient (Wildman–Crippen LogP) is -5.56. The van der Waals surface area contributed by atoms with Gasteiger partial charge in [0.1, 0.15) is 48.3 Å². The minimum absolute atomic E-state index is 0.0179. The van der Waals surface area contributed by atoms with Crippen LogP contribution < -0.4 is 76.9 Å². The molecule has 25 N–H and O–H groups in total. The van der Waals surface area contributed by atoms with Crippen LogP contribution in [0.2, 0.25) is 0 Å². The molecule has 0 saturated heterocycles. The number of amides is 8. The first kappa shape index (κ1) is 73.2. The highest BCUT2D eigenvalue weighted by atomic mass is 16.4. The third-order valence-corrected chi connectivity index (χ3v) is 11.9. The summed E-state index contributed by atoms with van der Waals surface area (Å²) in [6.07, 6.45) is -3.51. The molecule has 0 aromatic rings. The summed E-state index contributed by atoms with van der Waals surface area (Å²) in [5, 5.41) is 66.5. The Morgan fingerprint density at radius 2 is 0.691 bits per heavy atom. The number of carboxylic acid groups (broad SMARTS) is 5. The number of carbonyl (C=O) groups is 13. The summed E-state index contributed by atoms with van der Waals surface area (Å²) in [4.78, 5) is 173. The van der Waals surface area contributed by atoms with Gasteiger partial charge >= 0.3 is 29.8 Å². The molecule has 33 heteroatoms. The van der Waals surface area contributed by atoms with Crippen molar-refractivity contribution in [3.05, 3.63) is 0 Å². The Labute approximate surface area is 467 Å². The Morgan fingerprint density at radius 3 is 1.04 bits per heavy atom. The van der Waals surface area contributed by atoms with Gasteiger partial charge in [-0.25, -0.2) is 4.79 Å². The molecular weight excluding hydrogens is 1070 g/mol. The topological polar surface area (TPSA) is 588 Å². The van der Waals surface area contributed by atoms with Crippen LogP contribution in [0.3, 0.4) is 0 Å². The number of nitrogens with zero attached hydrogens (tertiary/aromatic N) is 1. The van der Waals surface area contributed by atoms with Gasteiger partial charge in [0.15, 0.2) is 5.96 Å². The van der Waals surface area contributed by atoms with Gasteiger partial charge in [0.2, 0.25) is 47.3 Å². The number of aliphatic imine (C=N–C) groups is 1. The van der Waals surface area contributed by atoms with Gasteiger partial charge in [0, 0.05) is 19.4 Å². The van der Waals surface area contributed by atoms with E-state index in [2.05, 4.69) is 47.5 Å². The number of guanidine groups is 1. The van der Waals surface area contributed by atoms with Gasteiger partial charge in [-0.05, 0) is 109 Å². The summed E-state index contributed by atoms with van der Waals surface area (Å²) in [5.74, 6) is -17.2. The molecule has 81 heavy (non-hydrogen) atoms. The molecule has 0 unspecified atom stereocenters. The molecule has 0 fully saturated rings. The van der Waals surface area contributed by atoms with Gasteiger partial charge in [-0.2, -0.15) is 0 Å². The lowest BCUT2D eigenvalue weighted by Crippen LogP contribution is -2.60. The average Bonchev–Trinajstić information content (AvgIpc) is 3.37. The lowest BCUT2D eigenvalue weighted by molar-refractivity contribution is -0.144. The molecular formula is C48H85N15O18. The highest BCUT2D eigenvalue weighted by Crippen LogP contribution is 2.12. The fraction of sp³-hybridized carbons (Fsp3) is 0.708. The van der Waals surface area contributed by atoms with Crippen molar-refractivity contribution in [2.45, 2.75) is 184 Å². The second-order valence-corrected chi connectivity index (χ2v) is 19.4. The largest absolute Gasteiger partial charge is 0.481 e. The van der Waals surface area contributed by atoms with E-state index in [1.54, 1.807) is 13.8 Å². The monoisotopic (exact) mass is 1160 g/mol. The molecule has 0 aliphatic rings. The second-order valence-electron chi connectivity index (χ2n) is 19.4. The number of unbranched alkanes of at least 4 members (excludes halogenated alkanes) is 3. The normalized spacial score (nSPS) is 14.3. The van der Waals surface area contributed by atoms with Crippen LogP contribution in [0.15, 0.2) is 4.99 Å². The van der Waals surface area contributed by atoms with Crippen molar-refractivity contribution >= 4 is 83.1 Å². The molecule has 0 rings (SSSR count). The fourth-order valence-corrected chi connectivity index (χ4v) is 7.65. The zero-order chi connectivity index (χ0) is 61.8. The lowest BCUT2D eigenvalue weighted by Gasteiger charge is -2.28. The Bertz CT molecular complexity index is 2150. The van der Waals surface area contributed by atoms with Crippen LogP contribution in [0.4, 0.5) is 0 Å². The van der Waals surface area contributed by atoms with Crippen LogP contribution >= 0.6 is 0 Å². The van der Waals surface area contributed by atoms with E-state index in [0.29, 0.717) is 25.8 Å². The van der Waals surface area contributed by atoms with Crippen molar-refractivity contribution in [1.29, 1.82) is 0 Å². The summed E-state index contributed by atoms with van der Waals surface area (Å²) in [5.41, 5.74) is 33.6. The van der Waals surface area contributed by atoms with Crippen LogP contribution in [-0.4, -0.2) is 189 Å². The fourth-order valence-electron chi connectivity index (χ4n) is 7.65. The summed E-state index contributed by atoms with van der Waals surface area (Å²) in [6, 6.07) is -14.8. The van der Waals surface area contributed by atoms with E-state index in [-0.39, 0.29) is 89.3 Å². The lowest BCUT2D eigenvalue weighted by atomic mass is 10.0. The van der Waals surface area contributed by atoms with Crippen LogP contribution in [-0.2, 0) is 62.3 Å². The molecule has 0 radical (unpaired) electrons. The summed E-state index contributed by atoms with van der Waals surface area (Å²) < 4.78 is 0. The standard InChI is InChI=1S/C48H85N15O18/c1-25(2)22-32(61-39(72)26(52)10-3-6-18-49)44(77)63-33(23-37(68)69)45(78)57-28(13-9-21-55-48(53)54)41(74)58-29(14-16-35(64)65)42(75)56-27(11-4-7-19-50)40(73)59-30(15-17-36(66)67)43(76)62-34(24-38(70)71)46(79)60-31(47(80)81)12-5-8-20-51/h25-34H,3-24,49-52H2,1-2H3,(H,56,75)(H,57,78)(H,58,74)(H,59,73)(H,60,79)(H,61,72)(H,62,76)(H,63,77)(H,64,65)(H,66,67)(H,68,69)(H,70,71)(H,80,81)(H4,53,54,55)/t26-,27-,28-,29-,30-,31-,32-,33-,34-/m0/s1. The number of carbonyl (C=O) groups excluding carboxylic acids is 8. The Kier molecular flexibility index (Phi) is 36.5. The highest BCUT2D eigenvalue weighted by molar-refractivity contribution is 5.99. The van der Waals surface area contributed by atoms with Gasteiger partial charge in [-0.1, -0.05) is 20.3 Å². The summed E-state index contributed by atoms with van der Waals surface area (Å²) in [7, 11) is 0. The predicted molar refractivity (Wildman–Crippen MR) is 287 cm³/mol. The third-order valence-electron chi connectivity index (χ3n) is 11.9. The molecule has 0 heterocycles. The van der Waals surface area contributed by atoms with Gasteiger partial charge in [-0.15, -0.1) is 0 Å². The SMILES string of the molecule is CC(C)C[C@H](NC(=O)[C@@H](N)CCCCN)C(=O)N[C@@H](CC(=O)O)C(=O)N[C@@H](CCCN=C(N)N)C(=O)N[C@@H](CCC(=O)O)C(=O)N[C@@H](CCCCN)C(=O)N[C@@H](CCC(=O)O)C(=O)N[C@@H](CC(=O)O)C(=O)N[C@@H](CCCCN)C(=O)O. The van der Waals surface area contributed by atoms with Crippen LogP contribution in [0, 0.1) is 5.92 Å². The average molecular weight is 1160 g/mol. The number of aliphatic carboxylic acids is 5. The number of hydrogen-bond donors (Lipinski definition) is 19. The van der Waals surface area contributed by atoms with E-state index < -0.39 is 170 Å². The zero-order valence-electron chi connectivity index (χ0n) is 45.8. The van der Waals surface area contributed by atoms with Gasteiger partial charge < -0.3 is 102 Å².